The second-order valence-corrected chi connectivity index (χ2v) is 12.4. The molecule has 1 aliphatic carbocycles. The smallest absolute Gasteiger partial charge is 0.326 e. The Morgan fingerprint density at radius 3 is 2.26 bits per heavy atom. The van der Waals surface area contributed by atoms with E-state index < -0.39 is 74.7 Å². The number of Topliss-reactive ketones (excluding diaryl/α,β-unsaturated/α-hetero) is 2. The van der Waals surface area contributed by atoms with Gasteiger partial charge < -0.3 is 5.32 Å². The molecule has 3 aromatic rings. The summed E-state index contributed by atoms with van der Waals surface area (Å²) < 4.78 is 67.7. The fourth-order valence-electron chi connectivity index (χ4n) is 4.84. The van der Waals surface area contributed by atoms with Crippen LogP contribution in [0.2, 0.25) is 10.0 Å². The van der Waals surface area contributed by atoms with Crippen molar-refractivity contribution >= 4 is 69.6 Å². The second kappa shape index (κ2) is 12.7. The lowest BCUT2D eigenvalue weighted by molar-refractivity contribution is -0.137. The van der Waals surface area contributed by atoms with Crippen LogP contribution in [0.4, 0.5) is 27.6 Å². The molecule has 1 fully saturated rings. The predicted octanol–water partition coefficient (Wildman–Crippen LogP) is 9.15. The zero-order chi connectivity index (χ0) is 31.9. The van der Waals surface area contributed by atoms with Gasteiger partial charge in [0, 0.05) is 42.0 Å². The number of anilines is 1. The summed E-state index contributed by atoms with van der Waals surface area (Å²) in [5.74, 6) is -5.77. The summed E-state index contributed by atoms with van der Waals surface area (Å²) in [5.41, 5.74) is -1.61. The summed E-state index contributed by atoms with van der Waals surface area (Å²) in [4.78, 5) is 38.2. The average Bonchev–Trinajstić information content (AvgIpc) is 3.50. The van der Waals surface area contributed by atoms with Crippen LogP contribution in [0, 0.1) is 17.6 Å². The number of ketones is 2. The fraction of sp³-hybridized carbons (Fsp3) is 0.300. The Morgan fingerprint density at radius 1 is 0.930 bits per heavy atom. The molecule has 228 valence electrons. The summed E-state index contributed by atoms with van der Waals surface area (Å²) in [5, 5.41) is 2.00. The standard InChI is InChI=1S/C30H22Cl4F5NO3/c1-2-3-17(41)13-19-23(35)9-5-15(27(19)36)11-24(42)18-12-16(6-8-21(18)31)40-28(43)26-25(29(26,33)34)14-4-7-22(32)20(10-14)30(37,38)39/h4-10,12,25-26H,2-3,11,13H2,1H3,(H,40,43)/t25-,26+/m0/s1. The van der Waals surface area contributed by atoms with Crippen LogP contribution in [-0.2, 0) is 28.6 Å². The second-order valence-electron chi connectivity index (χ2n) is 10.1. The third-order valence-electron chi connectivity index (χ3n) is 7.05. The first kappa shape index (κ1) is 33.2. The largest absolute Gasteiger partial charge is 0.417 e. The van der Waals surface area contributed by atoms with Crippen molar-refractivity contribution in [3.8, 4) is 0 Å². The Balaban J connectivity index is 1.52. The van der Waals surface area contributed by atoms with Crippen molar-refractivity contribution < 1.29 is 36.3 Å². The lowest BCUT2D eigenvalue weighted by Gasteiger charge is -2.12. The van der Waals surface area contributed by atoms with Crippen molar-refractivity contribution in [3.63, 3.8) is 0 Å². The molecule has 13 heteroatoms. The zero-order valence-electron chi connectivity index (χ0n) is 22.2. The van der Waals surface area contributed by atoms with E-state index in [2.05, 4.69) is 5.32 Å². The maximum Gasteiger partial charge on any atom is 0.417 e. The lowest BCUT2D eigenvalue weighted by atomic mass is 9.97. The molecular formula is C30H22Cl4F5NO3. The van der Waals surface area contributed by atoms with Crippen LogP contribution in [0.1, 0.15) is 58.3 Å². The molecule has 4 nitrogen and oxygen atoms in total. The minimum absolute atomic E-state index is 0.0157. The molecule has 0 aliphatic heterocycles. The first-order valence-corrected chi connectivity index (χ1v) is 14.4. The van der Waals surface area contributed by atoms with Crippen molar-refractivity contribution in [2.45, 2.75) is 49.0 Å². The molecule has 0 unspecified atom stereocenters. The van der Waals surface area contributed by atoms with Crippen LogP contribution < -0.4 is 5.32 Å². The number of nitrogens with one attached hydrogen (secondary N) is 1. The number of halogens is 9. The van der Waals surface area contributed by atoms with E-state index >= 15 is 4.39 Å². The Labute approximate surface area is 263 Å². The van der Waals surface area contributed by atoms with Crippen molar-refractivity contribution in [1.29, 1.82) is 0 Å². The molecule has 1 aliphatic rings. The molecule has 0 aromatic heterocycles. The van der Waals surface area contributed by atoms with E-state index in [-0.39, 0.29) is 39.6 Å². The number of hydrogen-bond acceptors (Lipinski definition) is 3. The number of alkyl halides is 5. The third kappa shape index (κ3) is 7.17. The normalized spacial score (nSPS) is 17.4. The molecule has 0 saturated heterocycles. The number of carbonyl (C=O) groups excluding carboxylic acids is 3. The zero-order valence-corrected chi connectivity index (χ0v) is 25.3. The molecule has 1 saturated carbocycles. The van der Waals surface area contributed by atoms with E-state index in [0.29, 0.717) is 6.42 Å². The van der Waals surface area contributed by atoms with E-state index in [1.165, 1.54) is 24.3 Å². The average molecular weight is 681 g/mol. The first-order valence-electron chi connectivity index (χ1n) is 12.9. The third-order valence-corrected chi connectivity index (χ3v) is 8.64. The van der Waals surface area contributed by atoms with Crippen LogP contribution in [0.5, 0.6) is 0 Å². The molecule has 0 bridgehead atoms. The number of benzene rings is 3. The summed E-state index contributed by atoms with van der Waals surface area (Å²) in [6.45, 7) is 1.76. The maximum atomic E-state index is 15.1. The van der Waals surface area contributed by atoms with Gasteiger partial charge in [-0.25, -0.2) is 8.78 Å². The molecule has 4 rings (SSSR count). The number of rotatable bonds is 10. The molecule has 0 spiro atoms. The quantitative estimate of drug-likeness (QED) is 0.132. The Bertz CT molecular complexity index is 1610. The van der Waals surface area contributed by atoms with Gasteiger partial charge in [-0.05, 0) is 53.9 Å². The Morgan fingerprint density at radius 2 is 1.60 bits per heavy atom. The van der Waals surface area contributed by atoms with Gasteiger partial charge in [0.25, 0.3) is 0 Å². The molecule has 1 N–H and O–H groups in total. The van der Waals surface area contributed by atoms with Gasteiger partial charge in [-0.1, -0.05) is 42.3 Å². The minimum Gasteiger partial charge on any atom is -0.326 e. The molecule has 2 atom stereocenters. The lowest BCUT2D eigenvalue weighted by Crippen LogP contribution is -2.17. The van der Waals surface area contributed by atoms with Gasteiger partial charge in [0.15, 0.2) is 5.78 Å². The molecular weight excluding hydrogens is 659 g/mol. The first-order chi connectivity index (χ1) is 20.1. The highest BCUT2D eigenvalue weighted by atomic mass is 35.5. The summed E-state index contributed by atoms with van der Waals surface area (Å²) >= 11 is 24.5. The van der Waals surface area contributed by atoms with E-state index in [1.807, 2.05) is 0 Å². The van der Waals surface area contributed by atoms with Crippen molar-refractivity contribution in [2.75, 3.05) is 5.32 Å². The SMILES string of the molecule is CCCC(=O)Cc1c(F)ccc(CC(=O)c2cc(NC(=O)[C@H]3[C@H](c4ccc(Cl)c(C(F)(F)F)c4)C3(Cl)Cl)ccc2Cl)c1F. The van der Waals surface area contributed by atoms with Gasteiger partial charge in [0.2, 0.25) is 5.91 Å². The molecule has 1 amide bonds. The van der Waals surface area contributed by atoms with Gasteiger partial charge in [0.05, 0.1) is 21.5 Å². The highest BCUT2D eigenvalue weighted by Crippen LogP contribution is 2.65. The Hall–Kier alpha value is -2.72. The molecule has 3 aromatic carbocycles. The van der Waals surface area contributed by atoms with Gasteiger partial charge in [0.1, 0.15) is 21.8 Å². The predicted molar refractivity (Wildman–Crippen MR) is 155 cm³/mol. The maximum absolute atomic E-state index is 15.1. The highest BCUT2D eigenvalue weighted by Gasteiger charge is 2.67. The molecule has 43 heavy (non-hydrogen) atoms. The number of carbonyl (C=O) groups is 3. The number of hydrogen-bond donors (Lipinski definition) is 1. The van der Waals surface area contributed by atoms with Crippen LogP contribution in [0.15, 0.2) is 48.5 Å². The van der Waals surface area contributed by atoms with E-state index in [1.54, 1.807) is 6.92 Å². The highest BCUT2D eigenvalue weighted by molar-refractivity contribution is 6.53. The number of amides is 1. The van der Waals surface area contributed by atoms with Crippen LogP contribution in [-0.4, -0.2) is 21.8 Å². The molecule has 0 radical (unpaired) electrons. The summed E-state index contributed by atoms with van der Waals surface area (Å²) in [6.07, 6.45) is -5.04. The van der Waals surface area contributed by atoms with E-state index in [9.17, 15) is 31.9 Å². The van der Waals surface area contributed by atoms with E-state index in [0.717, 1.165) is 24.3 Å². The van der Waals surface area contributed by atoms with Gasteiger partial charge >= 0.3 is 6.18 Å². The molecule has 0 heterocycles. The van der Waals surface area contributed by atoms with Crippen molar-refractivity contribution in [3.05, 3.63) is 98.0 Å². The van der Waals surface area contributed by atoms with Gasteiger partial charge in [-0.3, -0.25) is 14.4 Å². The van der Waals surface area contributed by atoms with Crippen LogP contribution >= 0.6 is 46.4 Å². The minimum atomic E-state index is -4.74. The monoisotopic (exact) mass is 679 g/mol. The van der Waals surface area contributed by atoms with Crippen LogP contribution in [0.3, 0.4) is 0 Å². The van der Waals surface area contributed by atoms with E-state index in [4.69, 9.17) is 46.4 Å². The summed E-state index contributed by atoms with van der Waals surface area (Å²) in [6, 6.07) is 9.14. The van der Waals surface area contributed by atoms with Crippen molar-refractivity contribution in [2.24, 2.45) is 5.92 Å². The van der Waals surface area contributed by atoms with Crippen molar-refractivity contribution in [1.82, 2.24) is 0 Å². The van der Waals surface area contributed by atoms with Gasteiger partial charge in [-0.2, -0.15) is 13.2 Å². The summed E-state index contributed by atoms with van der Waals surface area (Å²) in [7, 11) is 0. The van der Waals surface area contributed by atoms with Gasteiger partial charge in [-0.15, -0.1) is 23.2 Å². The topological polar surface area (TPSA) is 63.2 Å². The van der Waals surface area contributed by atoms with Crippen LogP contribution in [0.25, 0.3) is 0 Å². The fourth-order valence-corrected chi connectivity index (χ4v) is 6.11. The Kier molecular flexibility index (Phi) is 9.81.